The van der Waals surface area contributed by atoms with Crippen LogP contribution in [0.4, 0.5) is 5.95 Å². The van der Waals surface area contributed by atoms with Crippen LogP contribution >= 0.6 is 0 Å². The number of ether oxygens (including phenoxy) is 1. The average Bonchev–Trinajstić information content (AvgIpc) is 2.81. The molecule has 0 bridgehead atoms. The second-order valence-corrected chi connectivity index (χ2v) is 5.01. The number of hydrogen-bond donors (Lipinski definition) is 3. The molecule has 1 aliphatic rings. The molecule has 0 amide bonds. The van der Waals surface area contributed by atoms with Crippen LogP contribution in [0.25, 0.3) is 11.2 Å². The molecule has 2 aromatic heterocycles. The lowest BCUT2D eigenvalue weighted by Gasteiger charge is -2.43. The minimum Gasteiger partial charge on any atom is -0.479 e. The van der Waals surface area contributed by atoms with Gasteiger partial charge in [0.05, 0.1) is 13.4 Å². The summed E-state index contributed by atoms with van der Waals surface area (Å²) in [7, 11) is 1.50. The van der Waals surface area contributed by atoms with Gasteiger partial charge in [-0.3, -0.25) is 0 Å². The zero-order chi connectivity index (χ0) is 14.3. The van der Waals surface area contributed by atoms with Crippen LogP contribution in [0.3, 0.4) is 0 Å². The first kappa shape index (κ1) is 13.1. The third-order valence-corrected chi connectivity index (χ3v) is 4.05. The van der Waals surface area contributed by atoms with Crippen LogP contribution in [0, 0.1) is 11.8 Å². The highest BCUT2D eigenvalue weighted by atomic mass is 16.5. The molecule has 0 aromatic carbocycles. The van der Waals surface area contributed by atoms with Crippen LogP contribution in [0.1, 0.15) is 12.5 Å². The molecule has 1 fully saturated rings. The fraction of sp³-hybridized carbons (Fsp3) is 0.583. The van der Waals surface area contributed by atoms with E-state index in [1.807, 2.05) is 4.57 Å². The minimum atomic E-state index is -0.000385. The van der Waals surface area contributed by atoms with E-state index in [1.165, 1.54) is 7.11 Å². The molecule has 0 spiro atoms. The first-order valence-corrected chi connectivity index (χ1v) is 6.45. The Labute approximate surface area is 115 Å². The molecule has 2 heterocycles. The van der Waals surface area contributed by atoms with Gasteiger partial charge >= 0.3 is 0 Å². The number of nitrogens with two attached hydrogens (primary N) is 1. The summed E-state index contributed by atoms with van der Waals surface area (Å²) >= 11 is 0. The summed E-state index contributed by atoms with van der Waals surface area (Å²) in [6.45, 7) is 0.0993. The highest BCUT2D eigenvalue weighted by Crippen LogP contribution is 2.44. The van der Waals surface area contributed by atoms with Crippen molar-refractivity contribution in [2.75, 3.05) is 26.1 Å². The lowest BCUT2D eigenvalue weighted by Crippen LogP contribution is -2.42. The molecule has 3 rings (SSSR count). The Kier molecular flexibility index (Phi) is 3.19. The smallest absolute Gasteiger partial charge is 0.246 e. The predicted octanol–water partition coefficient (Wildman–Crippen LogP) is -0.421. The number of nitrogen functional groups attached to an aromatic ring is 1. The van der Waals surface area contributed by atoms with E-state index in [1.54, 1.807) is 6.33 Å². The second kappa shape index (κ2) is 4.88. The molecule has 108 valence electrons. The number of methoxy groups -OCH3 is 1. The maximum absolute atomic E-state index is 9.46. The molecular weight excluding hydrogens is 262 g/mol. The van der Waals surface area contributed by atoms with Crippen LogP contribution in [-0.2, 0) is 0 Å². The number of hydrogen-bond acceptors (Lipinski definition) is 7. The number of anilines is 1. The van der Waals surface area contributed by atoms with E-state index < -0.39 is 0 Å². The van der Waals surface area contributed by atoms with Gasteiger partial charge in [-0.15, -0.1) is 0 Å². The standard InChI is InChI=1S/C12H17N5O3/c1-20-11-9-10(15-12(13)16-11)17(5-14-9)8-2-6(3-18)7(8)4-19/h5-8,18-19H,2-4H2,1H3,(H2,13,15,16). The van der Waals surface area contributed by atoms with Crippen LogP contribution < -0.4 is 10.5 Å². The normalized spacial score (nSPS) is 25.6. The molecule has 8 heteroatoms. The van der Waals surface area contributed by atoms with Crippen molar-refractivity contribution >= 4 is 17.1 Å². The maximum Gasteiger partial charge on any atom is 0.246 e. The van der Waals surface area contributed by atoms with Gasteiger partial charge in [0.25, 0.3) is 0 Å². The van der Waals surface area contributed by atoms with Crippen molar-refractivity contribution in [3.8, 4) is 5.88 Å². The SMILES string of the molecule is COc1nc(N)nc2c1ncn2C1CC(CO)C1CO. The van der Waals surface area contributed by atoms with E-state index in [4.69, 9.17) is 10.5 Å². The van der Waals surface area contributed by atoms with Gasteiger partial charge in [0.2, 0.25) is 11.8 Å². The lowest BCUT2D eigenvalue weighted by atomic mass is 9.70. The molecule has 2 aromatic rings. The number of rotatable bonds is 4. The first-order valence-electron chi connectivity index (χ1n) is 6.45. The van der Waals surface area contributed by atoms with Crippen molar-refractivity contribution in [1.29, 1.82) is 0 Å². The van der Waals surface area contributed by atoms with Gasteiger partial charge in [0, 0.05) is 25.2 Å². The van der Waals surface area contributed by atoms with Crippen molar-refractivity contribution < 1.29 is 14.9 Å². The Morgan fingerprint density at radius 1 is 1.40 bits per heavy atom. The Bertz CT molecular complexity index is 629. The van der Waals surface area contributed by atoms with Crippen LogP contribution in [0.2, 0.25) is 0 Å². The van der Waals surface area contributed by atoms with Gasteiger partial charge in [-0.1, -0.05) is 0 Å². The molecule has 0 radical (unpaired) electrons. The predicted molar refractivity (Wildman–Crippen MR) is 71.1 cm³/mol. The van der Waals surface area contributed by atoms with E-state index in [-0.39, 0.29) is 37.0 Å². The highest BCUT2D eigenvalue weighted by Gasteiger charge is 2.42. The van der Waals surface area contributed by atoms with E-state index >= 15 is 0 Å². The molecule has 8 nitrogen and oxygen atoms in total. The zero-order valence-electron chi connectivity index (χ0n) is 11.1. The summed E-state index contributed by atoms with van der Waals surface area (Å²) in [5.74, 6) is 0.572. The van der Waals surface area contributed by atoms with Crippen molar-refractivity contribution in [2.24, 2.45) is 11.8 Å². The summed E-state index contributed by atoms with van der Waals surface area (Å²) in [6.07, 6.45) is 2.43. The molecular formula is C12H17N5O3. The molecule has 20 heavy (non-hydrogen) atoms. The van der Waals surface area contributed by atoms with Gasteiger partial charge in [-0.25, -0.2) is 4.98 Å². The summed E-state index contributed by atoms with van der Waals surface area (Å²) in [4.78, 5) is 12.5. The second-order valence-electron chi connectivity index (χ2n) is 5.01. The zero-order valence-corrected chi connectivity index (χ0v) is 11.1. The number of fused-ring (bicyclic) bond motifs is 1. The number of aromatic nitrogens is 4. The lowest BCUT2D eigenvalue weighted by molar-refractivity contribution is -0.00528. The Morgan fingerprint density at radius 3 is 2.85 bits per heavy atom. The van der Waals surface area contributed by atoms with Gasteiger partial charge in [-0.05, 0) is 12.3 Å². The van der Waals surface area contributed by atoms with Gasteiger partial charge in [0.15, 0.2) is 11.2 Å². The van der Waals surface area contributed by atoms with E-state index in [2.05, 4.69) is 15.0 Å². The van der Waals surface area contributed by atoms with Crippen molar-refractivity contribution in [3.05, 3.63) is 6.33 Å². The van der Waals surface area contributed by atoms with Gasteiger partial charge in [-0.2, -0.15) is 9.97 Å². The van der Waals surface area contributed by atoms with Crippen molar-refractivity contribution in [3.63, 3.8) is 0 Å². The van der Waals surface area contributed by atoms with Crippen molar-refractivity contribution in [1.82, 2.24) is 19.5 Å². The first-order chi connectivity index (χ1) is 9.69. The molecule has 4 N–H and O–H groups in total. The Morgan fingerprint density at radius 2 is 2.20 bits per heavy atom. The fourth-order valence-electron chi connectivity index (χ4n) is 2.87. The summed E-state index contributed by atoms with van der Waals surface area (Å²) in [5.41, 5.74) is 6.81. The molecule has 3 atom stereocenters. The Hall–Kier alpha value is -1.93. The van der Waals surface area contributed by atoms with E-state index in [0.29, 0.717) is 17.0 Å². The fourth-order valence-corrected chi connectivity index (χ4v) is 2.87. The van der Waals surface area contributed by atoms with E-state index in [9.17, 15) is 10.2 Å². The number of nitrogens with zero attached hydrogens (tertiary/aromatic N) is 4. The third kappa shape index (κ3) is 1.80. The minimum absolute atomic E-state index is 0.000385. The van der Waals surface area contributed by atoms with Gasteiger partial charge < -0.3 is 25.3 Å². The molecule has 3 unspecified atom stereocenters. The monoisotopic (exact) mass is 279 g/mol. The summed E-state index contributed by atoms with van der Waals surface area (Å²) in [6, 6.07) is 0.0566. The summed E-state index contributed by atoms with van der Waals surface area (Å²) in [5, 5.41) is 18.7. The highest BCUT2D eigenvalue weighted by molar-refractivity contribution is 5.77. The molecule has 1 saturated carbocycles. The van der Waals surface area contributed by atoms with Gasteiger partial charge in [0.1, 0.15) is 0 Å². The number of aliphatic hydroxyl groups excluding tert-OH is 2. The molecule has 1 aliphatic carbocycles. The quantitative estimate of drug-likeness (QED) is 0.695. The number of imidazole rings is 1. The van der Waals surface area contributed by atoms with Crippen LogP contribution in [0.5, 0.6) is 5.88 Å². The number of aliphatic hydroxyl groups is 2. The molecule has 0 aliphatic heterocycles. The Balaban J connectivity index is 2.03. The topological polar surface area (TPSA) is 119 Å². The van der Waals surface area contributed by atoms with Crippen LogP contribution in [-0.4, -0.2) is 50.1 Å². The summed E-state index contributed by atoms with van der Waals surface area (Å²) < 4.78 is 7.03. The van der Waals surface area contributed by atoms with Crippen molar-refractivity contribution in [2.45, 2.75) is 12.5 Å². The van der Waals surface area contributed by atoms with Crippen LogP contribution in [0.15, 0.2) is 6.33 Å². The largest absolute Gasteiger partial charge is 0.479 e. The average molecular weight is 279 g/mol. The third-order valence-electron chi connectivity index (χ3n) is 4.05. The molecule has 0 saturated heterocycles. The maximum atomic E-state index is 9.46. The van der Waals surface area contributed by atoms with E-state index in [0.717, 1.165) is 6.42 Å².